The Kier molecular flexibility index (Phi) is 6.79. The lowest BCUT2D eigenvalue weighted by molar-refractivity contribution is -0.138. The van der Waals surface area contributed by atoms with Gasteiger partial charge >= 0.3 is 6.18 Å². The second kappa shape index (κ2) is 9.13. The number of carbonyl (C=O) groups is 2. The fraction of sp³-hybridized carbons (Fsp3) is 0.600. The summed E-state index contributed by atoms with van der Waals surface area (Å²) in [5, 5.41) is 2.77. The molecule has 0 bridgehead atoms. The van der Waals surface area contributed by atoms with Crippen molar-refractivity contribution in [2.45, 2.75) is 18.5 Å². The van der Waals surface area contributed by atoms with E-state index in [2.05, 4.69) is 5.32 Å². The average molecular weight is 413 g/mol. The van der Waals surface area contributed by atoms with Crippen molar-refractivity contribution in [3.63, 3.8) is 0 Å². The van der Waals surface area contributed by atoms with Gasteiger partial charge in [-0.1, -0.05) is 12.1 Å². The number of halogens is 3. The lowest BCUT2D eigenvalue weighted by Gasteiger charge is -2.34. The van der Waals surface area contributed by atoms with E-state index in [1.165, 1.54) is 12.1 Å². The molecule has 0 spiro atoms. The molecule has 2 fully saturated rings. The molecule has 2 aliphatic rings. The Labute approximate surface area is 168 Å². The van der Waals surface area contributed by atoms with Gasteiger partial charge in [-0.15, -0.1) is 0 Å². The first-order valence-corrected chi connectivity index (χ1v) is 9.73. The first kappa shape index (κ1) is 21.6. The Bertz CT molecular complexity index is 716. The number of hydrogen-bond acceptors (Lipinski definition) is 4. The van der Waals surface area contributed by atoms with Crippen molar-refractivity contribution in [1.29, 1.82) is 0 Å². The maximum absolute atomic E-state index is 12.7. The summed E-state index contributed by atoms with van der Waals surface area (Å²) in [5.74, 6) is -0.171. The predicted octanol–water partition coefficient (Wildman–Crippen LogP) is 1.72. The summed E-state index contributed by atoms with van der Waals surface area (Å²) >= 11 is 0. The zero-order chi connectivity index (χ0) is 21.0. The highest BCUT2D eigenvalue weighted by atomic mass is 19.4. The number of nitrogens with one attached hydrogen (secondary N) is 1. The van der Waals surface area contributed by atoms with E-state index in [0.717, 1.165) is 17.7 Å². The number of rotatable bonds is 7. The Hall–Kier alpha value is -2.13. The minimum atomic E-state index is -4.35. The van der Waals surface area contributed by atoms with Gasteiger partial charge in [-0.2, -0.15) is 13.2 Å². The van der Waals surface area contributed by atoms with Crippen LogP contribution in [-0.4, -0.2) is 74.6 Å². The van der Waals surface area contributed by atoms with Crippen LogP contribution >= 0.6 is 0 Å². The summed E-state index contributed by atoms with van der Waals surface area (Å²) in [6.07, 6.45) is -3.68. The Morgan fingerprint density at radius 3 is 2.38 bits per heavy atom. The molecule has 1 aliphatic heterocycles. The smallest absolute Gasteiger partial charge is 0.383 e. The number of methoxy groups -OCH3 is 1. The van der Waals surface area contributed by atoms with Crippen molar-refractivity contribution < 1.29 is 27.5 Å². The number of alkyl halides is 3. The number of benzene rings is 1. The van der Waals surface area contributed by atoms with Crippen LogP contribution in [-0.2, 0) is 20.5 Å². The zero-order valence-electron chi connectivity index (χ0n) is 16.4. The summed E-state index contributed by atoms with van der Waals surface area (Å²) in [5.41, 5.74) is 0.106. The van der Waals surface area contributed by atoms with E-state index >= 15 is 0 Å². The number of piperazine rings is 1. The van der Waals surface area contributed by atoms with Gasteiger partial charge in [0.25, 0.3) is 0 Å². The standard InChI is InChI=1S/C20H26F3N3O3/c1-29-11-6-24-18(27)13-25-7-9-26(10-8-25)19(28)17-12-16(17)14-2-4-15(5-3-14)20(21,22)23/h2-5,16-17H,6-13H2,1H3,(H,24,27). The normalized spacial score (nSPS) is 22.4. The predicted molar refractivity (Wildman–Crippen MR) is 100 cm³/mol. The minimum absolute atomic E-state index is 0.00521. The minimum Gasteiger partial charge on any atom is -0.383 e. The maximum atomic E-state index is 12.7. The fourth-order valence-electron chi connectivity index (χ4n) is 3.67. The SMILES string of the molecule is COCCNC(=O)CN1CCN(C(=O)C2CC2c2ccc(C(F)(F)F)cc2)CC1. The van der Waals surface area contributed by atoms with E-state index in [1.807, 2.05) is 4.90 Å². The molecule has 9 heteroatoms. The molecule has 160 valence electrons. The summed E-state index contributed by atoms with van der Waals surface area (Å²) < 4.78 is 42.9. The van der Waals surface area contributed by atoms with Crippen molar-refractivity contribution >= 4 is 11.8 Å². The zero-order valence-corrected chi connectivity index (χ0v) is 16.4. The van der Waals surface area contributed by atoms with Crippen LogP contribution in [0.25, 0.3) is 0 Å². The number of carbonyl (C=O) groups excluding carboxylic acids is 2. The molecule has 1 heterocycles. The molecule has 2 atom stereocenters. The van der Waals surface area contributed by atoms with Crippen molar-refractivity contribution in [2.75, 3.05) is 53.0 Å². The van der Waals surface area contributed by atoms with E-state index in [1.54, 1.807) is 12.0 Å². The van der Waals surface area contributed by atoms with E-state index in [4.69, 9.17) is 4.74 Å². The van der Waals surface area contributed by atoms with Gasteiger partial charge in [-0.25, -0.2) is 0 Å². The van der Waals surface area contributed by atoms with Gasteiger partial charge in [0.15, 0.2) is 0 Å². The molecule has 1 aromatic carbocycles. The Morgan fingerprint density at radius 2 is 1.79 bits per heavy atom. The van der Waals surface area contributed by atoms with Gasteiger partial charge in [0.05, 0.1) is 18.7 Å². The van der Waals surface area contributed by atoms with Crippen LogP contribution in [0.15, 0.2) is 24.3 Å². The van der Waals surface area contributed by atoms with Crippen molar-refractivity contribution in [3.8, 4) is 0 Å². The quantitative estimate of drug-likeness (QED) is 0.692. The topological polar surface area (TPSA) is 61.9 Å². The molecule has 0 radical (unpaired) electrons. The Balaban J connectivity index is 1.43. The first-order valence-electron chi connectivity index (χ1n) is 9.73. The van der Waals surface area contributed by atoms with Crippen LogP contribution < -0.4 is 5.32 Å². The third-order valence-electron chi connectivity index (χ3n) is 5.45. The number of amides is 2. The molecule has 3 rings (SSSR count). The molecule has 6 nitrogen and oxygen atoms in total. The van der Waals surface area contributed by atoms with Crippen molar-refractivity contribution in [3.05, 3.63) is 35.4 Å². The van der Waals surface area contributed by atoms with Gasteiger partial charge in [0.1, 0.15) is 0 Å². The average Bonchev–Trinajstić information content (AvgIpc) is 3.48. The molecule has 1 N–H and O–H groups in total. The number of nitrogens with zero attached hydrogens (tertiary/aromatic N) is 2. The molecule has 1 aromatic rings. The van der Waals surface area contributed by atoms with E-state index in [9.17, 15) is 22.8 Å². The number of ether oxygens (including phenoxy) is 1. The van der Waals surface area contributed by atoms with Gasteiger partial charge < -0.3 is 15.0 Å². The van der Waals surface area contributed by atoms with E-state index in [0.29, 0.717) is 52.3 Å². The Morgan fingerprint density at radius 1 is 1.14 bits per heavy atom. The third kappa shape index (κ3) is 5.70. The molecule has 1 saturated carbocycles. The molecule has 29 heavy (non-hydrogen) atoms. The highest BCUT2D eigenvalue weighted by Gasteiger charge is 2.46. The highest BCUT2D eigenvalue weighted by molar-refractivity contribution is 5.83. The van der Waals surface area contributed by atoms with Crippen molar-refractivity contribution in [2.24, 2.45) is 5.92 Å². The molecular weight excluding hydrogens is 387 g/mol. The lowest BCUT2D eigenvalue weighted by atomic mass is 10.1. The summed E-state index contributed by atoms with van der Waals surface area (Å²) in [6, 6.07) is 5.10. The number of hydrogen-bond donors (Lipinski definition) is 1. The van der Waals surface area contributed by atoms with Crippen LogP contribution in [0.2, 0.25) is 0 Å². The van der Waals surface area contributed by atoms with E-state index in [-0.39, 0.29) is 23.7 Å². The highest BCUT2D eigenvalue weighted by Crippen LogP contribution is 2.49. The third-order valence-corrected chi connectivity index (χ3v) is 5.45. The second-order valence-corrected chi connectivity index (χ2v) is 7.51. The lowest BCUT2D eigenvalue weighted by Crippen LogP contribution is -2.51. The maximum Gasteiger partial charge on any atom is 0.416 e. The fourth-order valence-corrected chi connectivity index (χ4v) is 3.67. The molecular formula is C20H26F3N3O3. The molecule has 1 saturated heterocycles. The second-order valence-electron chi connectivity index (χ2n) is 7.51. The first-order chi connectivity index (χ1) is 13.8. The van der Waals surface area contributed by atoms with Gasteiger partial charge in [-0.3, -0.25) is 14.5 Å². The van der Waals surface area contributed by atoms with Gasteiger partial charge in [-0.05, 0) is 30.0 Å². The largest absolute Gasteiger partial charge is 0.416 e. The summed E-state index contributed by atoms with van der Waals surface area (Å²) in [7, 11) is 1.57. The van der Waals surface area contributed by atoms with Crippen LogP contribution in [0.5, 0.6) is 0 Å². The molecule has 1 aliphatic carbocycles. The van der Waals surface area contributed by atoms with Gasteiger partial charge in [0, 0.05) is 45.8 Å². The van der Waals surface area contributed by atoms with Crippen LogP contribution in [0, 0.1) is 5.92 Å². The molecule has 0 aromatic heterocycles. The summed E-state index contributed by atoms with van der Waals surface area (Å²) in [4.78, 5) is 28.4. The van der Waals surface area contributed by atoms with Crippen LogP contribution in [0.1, 0.15) is 23.5 Å². The van der Waals surface area contributed by atoms with Crippen molar-refractivity contribution in [1.82, 2.24) is 15.1 Å². The van der Waals surface area contributed by atoms with Gasteiger partial charge in [0.2, 0.25) is 11.8 Å². The molecule has 2 unspecified atom stereocenters. The van der Waals surface area contributed by atoms with Crippen LogP contribution in [0.4, 0.5) is 13.2 Å². The summed E-state index contributed by atoms with van der Waals surface area (Å²) in [6.45, 7) is 3.60. The monoisotopic (exact) mass is 413 g/mol. The molecule has 2 amide bonds. The van der Waals surface area contributed by atoms with Crippen LogP contribution in [0.3, 0.4) is 0 Å². The van der Waals surface area contributed by atoms with E-state index < -0.39 is 11.7 Å².